The normalized spacial score (nSPS) is 12.3. The number of aliphatic hydroxyl groups excluding tert-OH is 1. The van der Waals surface area contributed by atoms with Crippen LogP contribution < -0.4 is 5.32 Å². The molecule has 3 aromatic rings. The van der Waals surface area contributed by atoms with Crippen molar-refractivity contribution in [3.8, 4) is 11.1 Å². The molecule has 0 saturated heterocycles. The first-order chi connectivity index (χ1) is 12.5. The van der Waals surface area contributed by atoms with Gasteiger partial charge in [0.15, 0.2) is 0 Å². The van der Waals surface area contributed by atoms with Gasteiger partial charge >= 0.3 is 0 Å². The van der Waals surface area contributed by atoms with Gasteiger partial charge in [-0.05, 0) is 19.4 Å². The highest BCUT2D eigenvalue weighted by molar-refractivity contribution is 7.99. The summed E-state index contributed by atoms with van der Waals surface area (Å²) in [6, 6.07) is 8.42. The molecule has 1 unspecified atom stereocenters. The number of hydrogen-bond donors (Lipinski definition) is 2. The Kier molecular flexibility index (Phi) is 6.24. The molecule has 0 spiro atoms. The highest BCUT2D eigenvalue weighted by Gasteiger charge is 2.14. The van der Waals surface area contributed by atoms with E-state index in [0.29, 0.717) is 12.2 Å². The SMILES string of the molecule is Cc1ccc(-c2csc3ncnc(SCCC(=O)NCC(C)O)c23)cc1. The summed E-state index contributed by atoms with van der Waals surface area (Å²) in [7, 11) is 0. The average Bonchev–Trinajstić information content (AvgIpc) is 3.05. The van der Waals surface area contributed by atoms with Gasteiger partial charge in [0.1, 0.15) is 16.2 Å². The minimum Gasteiger partial charge on any atom is -0.392 e. The first-order valence-corrected chi connectivity index (χ1v) is 10.3. The maximum atomic E-state index is 11.8. The van der Waals surface area contributed by atoms with E-state index in [1.807, 2.05) is 0 Å². The van der Waals surface area contributed by atoms with Crippen molar-refractivity contribution in [3.63, 3.8) is 0 Å². The smallest absolute Gasteiger partial charge is 0.220 e. The van der Waals surface area contributed by atoms with Gasteiger partial charge in [0.2, 0.25) is 5.91 Å². The van der Waals surface area contributed by atoms with E-state index in [-0.39, 0.29) is 12.5 Å². The van der Waals surface area contributed by atoms with Crippen LogP contribution in [0.1, 0.15) is 18.9 Å². The second-order valence-corrected chi connectivity index (χ2v) is 8.07. The van der Waals surface area contributed by atoms with Gasteiger partial charge in [-0.2, -0.15) is 0 Å². The third-order valence-electron chi connectivity index (χ3n) is 3.86. The minimum atomic E-state index is -0.532. The summed E-state index contributed by atoms with van der Waals surface area (Å²) >= 11 is 3.17. The Bertz CT molecular complexity index is 891. The fraction of sp³-hybridized carbons (Fsp3) is 0.316. The molecule has 0 aliphatic carbocycles. The number of carbonyl (C=O) groups excluding carboxylic acids is 1. The number of aromatic nitrogens is 2. The monoisotopic (exact) mass is 387 g/mol. The molecule has 7 heteroatoms. The van der Waals surface area contributed by atoms with Gasteiger partial charge < -0.3 is 10.4 Å². The number of carbonyl (C=O) groups is 1. The van der Waals surface area contributed by atoms with Crippen LogP contribution in [0.4, 0.5) is 0 Å². The Balaban J connectivity index is 1.75. The molecule has 26 heavy (non-hydrogen) atoms. The van der Waals surface area contributed by atoms with E-state index in [9.17, 15) is 9.90 Å². The number of amides is 1. The van der Waals surface area contributed by atoms with Crippen molar-refractivity contribution in [1.29, 1.82) is 0 Å². The number of hydrogen-bond acceptors (Lipinski definition) is 6. The number of rotatable bonds is 7. The Morgan fingerprint density at radius 1 is 1.31 bits per heavy atom. The zero-order valence-corrected chi connectivity index (χ0v) is 16.4. The average molecular weight is 388 g/mol. The molecule has 2 heterocycles. The van der Waals surface area contributed by atoms with Crippen molar-refractivity contribution in [2.24, 2.45) is 0 Å². The summed E-state index contributed by atoms with van der Waals surface area (Å²) in [6.07, 6.45) is 1.43. The molecule has 0 radical (unpaired) electrons. The number of nitrogens with zero attached hydrogens (tertiary/aromatic N) is 2. The van der Waals surface area contributed by atoms with Gasteiger partial charge in [-0.25, -0.2) is 9.97 Å². The zero-order valence-electron chi connectivity index (χ0n) is 14.7. The van der Waals surface area contributed by atoms with E-state index in [4.69, 9.17) is 0 Å². The molecule has 1 amide bonds. The molecule has 136 valence electrons. The van der Waals surface area contributed by atoms with Crippen molar-refractivity contribution in [1.82, 2.24) is 15.3 Å². The van der Waals surface area contributed by atoms with E-state index in [1.54, 1.807) is 36.3 Å². The minimum absolute atomic E-state index is 0.0622. The molecule has 1 aromatic carbocycles. The maximum absolute atomic E-state index is 11.8. The van der Waals surface area contributed by atoms with Crippen LogP contribution >= 0.6 is 23.1 Å². The van der Waals surface area contributed by atoms with Gasteiger partial charge in [0, 0.05) is 29.7 Å². The Labute approximate surface area is 160 Å². The number of thioether (sulfide) groups is 1. The molecule has 0 aliphatic heterocycles. The largest absolute Gasteiger partial charge is 0.392 e. The summed E-state index contributed by atoms with van der Waals surface area (Å²) < 4.78 is 0. The van der Waals surface area contributed by atoms with Crippen molar-refractivity contribution in [2.75, 3.05) is 12.3 Å². The van der Waals surface area contributed by atoms with Gasteiger partial charge in [-0.1, -0.05) is 29.8 Å². The Morgan fingerprint density at radius 2 is 2.08 bits per heavy atom. The number of fused-ring (bicyclic) bond motifs is 1. The van der Waals surface area contributed by atoms with Gasteiger partial charge in [-0.3, -0.25) is 4.79 Å². The fourth-order valence-electron chi connectivity index (χ4n) is 2.49. The Morgan fingerprint density at radius 3 is 2.81 bits per heavy atom. The van der Waals surface area contributed by atoms with Crippen LogP contribution in [0.15, 0.2) is 41.0 Å². The molecule has 1 atom stereocenters. The van der Waals surface area contributed by atoms with Crippen LogP contribution in [0, 0.1) is 6.92 Å². The molecule has 0 bridgehead atoms. The van der Waals surface area contributed by atoms with Gasteiger partial charge in [-0.15, -0.1) is 23.1 Å². The van der Waals surface area contributed by atoms with E-state index in [1.165, 1.54) is 5.56 Å². The predicted molar refractivity (Wildman–Crippen MR) is 108 cm³/mol. The lowest BCUT2D eigenvalue weighted by atomic mass is 10.1. The summed E-state index contributed by atoms with van der Waals surface area (Å²) in [4.78, 5) is 21.6. The van der Waals surface area contributed by atoms with Crippen LogP contribution in [-0.4, -0.2) is 39.4 Å². The molecule has 5 nitrogen and oxygen atoms in total. The van der Waals surface area contributed by atoms with Crippen LogP contribution in [0.25, 0.3) is 21.3 Å². The van der Waals surface area contributed by atoms with E-state index >= 15 is 0 Å². The summed E-state index contributed by atoms with van der Waals surface area (Å²) in [5, 5.41) is 16.0. The van der Waals surface area contributed by atoms with Gasteiger partial charge in [0.05, 0.1) is 11.5 Å². The number of nitrogens with one attached hydrogen (secondary N) is 1. The summed E-state index contributed by atoms with van der Waals surface area (Å²) in [6.45, 7) is 4.00. The number of aryl methyl sites for hydroxylation is 1. The molecule has 0 saturated carbocycles. The second kappa shape index (κ2) is 8.62. The molecule has 0 aliphatic rings. The fourth-order valence-corrected chi connectivity index (χ4v) is 4.43. The number of benzene rings is 1. The van der Waals surface area contributed by atoms with Crippen LogP contribution in [0.2, 0.25) is 0 Å². The zero-order chi connectivity index (χ0) is 18.5. The molecule has 3 rings (SSSR count). The van der Waals surface area contributed by atoms with Crippen LogP contribution in [0.5, 0.6) is 0 Å². The first-order valence-electron chi connectivity index (χ1n) is 8.41. The lowest BCUT2D eigenvalue weighted by molar-refractivity contribution is -0.121. The lowest BCUT2D eigenvalue weighted by Gasteiger charge is -2.08. The van der Waals surface area contributed by atoms with Crippen molar-refractivity contribution >= 4 is 39.2 Å². The van der Waals surface area contributed by atoms with E-state index in [0.717, 1.165) is 26.4 Å². The van der Waals surface area contributed by atoms with Crippen molar-refractivity contribution in [2.45, 2.75) is 31.4 Å². The van der Waals surface area contributed by atoms with Crippen LogP contribution in [-0.2, 0) is 4.79 Å². The van der Waals surface area contributed by atoms with Gasteiger partial charge in [0.25, 0.3) is 0 Å². The topological polar surface area (TPSA) is 75.1 Å². The first kappa shape index (κ1) is 18.8. The Hall–Kier alpha value is -1.96. The predicted octanol–water partition coefficient (Wildman–Crippen LogP) is 3.65. The highest BCUT2D eigenvalue weighted by Crippen LogP contribution is 2.37. The molecule has 2 aromatic heterocycles. The van der Waals surface area contributed by atoms with E-state index in [2.05, 4.69) is 51.9 Å². The molecular formula is C19H21N3O2S2. The van der Waals surface area contributed by atoms with Crippen LogP contribution in [0.3, 0.4) is 0 Å². The summed E-state index contributed by atoms with van der Waals surface area (Å²) in [5.74, 6) is 0.564. The highest BCUT2D eigenvalue weighted by atomic mass is 32.2. The number of aliphatic hydroxyl groups is 1. The molecular weight excluding hydrogens is 366 g/mol. The quantitative estimate of drug-likeness (QED) is 0.478. The number of thiophene rings is 1. The second-order valence-electron chi connectivity index (χ2n) is 6.13. The molecule has 0 fully saturated rings. The third-order valence-corrected chi connectivity index (χ3v) is 5.74. The van der Waals surface area contributed by atoms with Crippen molar-refractivity contribution < 1.29 is 9.90 Å². The maximum Gasteiger partial charge on any atom is 0.220 e. The van der Waals surface area contributed by atoms with E-state index < -0.39 is 6.10 Å². The van der Waals surface area contributed by atoms with Crippen molar-refractivity contribution in [3.05, 3.63) is 41.5 Å². The third kappa shape index (κ3) is 4.60. The lowest BCUT2D eigenvalue weighted by Crippen LogP contribution is -2.30. The summed E-state index contributed by atoms with van der Waals surface area (Å²) in [5.41, 5.74) is 3.50. The molecule has 2 N–H and O–H groups in total. The standard InChI is InChI=1S/C19H21N3O2S2/c1-12-3-5-14(6-4-12)15-10-26-19-17(15)18(21-11-22-19)25-8-7-16(24)20-9-13(2)23/h3-6,10-11,13,23H,7-9H2,1-2H3,(H,20,24).